The number of benzene rings is 2. The van der Waals surface area contributed by atoms with Gasteiger partial charge in [-0.25, -0.2) is 4.98 Å². The van der Waals surface area contributed by atoms with Crippen LogP contribution in [-0.4, -0.2) is 48.4 Å². The van der Waals surface area contributed by atoms with Gasteiger partial charge in [0.15, 0.2) is 0 Å². The Hall–Kier alpha value is -3.72. The topological polar surface area (TPSA) is 64.0 Å². The van der Waals surface area contributed by atoms with Crippen LogP contribution in [0.15, 0.2) is 71.9 Å². The third-order valence-electron chi connectivity index (χ3n) is 6.74. The van der Waals surface area contributed by atoms with Crippen molar-refractivity contribution in [2.45, 2.75) is 39.4 Å². The van der Waals surface area contributed by atoms with Crippen LogP contribution in [0.1, 0.15) is 48.9 Å². The fourth-order valence-corrected chi connectivity index (χ4v) is 4.90. The summed E-state index contributed by atoms with van der Waals surface area (Å²) in [5.41, 5.74) is 1.41. The minimum absolute atomic E-state index is 0.0453. The first kappa shape index (κ1) is 29.3. The standard InChI is InChI=1S/C31H34F3N3O3/c1-20(2)19-40-29-28-25(14-15-35-29)36-21(3)26(27(28)23-12-8-9-13-24(23)31(32,33)34)30(38)39-17-16-37(4)18-22-10-6-5-7-11-22/h5-15,20,26-27H,16-19H2,1-4H3. The third kappa shape index (κ3) is 6.88. The predicted molar refractivity (Wildman–Crippen MR) is 148 cm³/mol. The van der Waals surface area contributed by atoms with Gasteiger partial charge < -0.3 is 9.47 Å². The molecule has 3 aromatic rings. The minimum Gasteiger partial charge on any atom is -0.477 e. The maximum absolute atomic E-state index is 14.2. The van der Waals surface area contributed by atoms with Crippen molar-refractivity contribution in [3.8, 4) is 5.88 Å². The highest BCUT2D eigenvalue weighted by Crippen LogP contribution is 2.49. The molecule has 0 spiro atoms. The van der Waals surface area contributed by atoms with Crippen LogP contribution in [0.5, 0.6) is 5.88 Å². The summed E-state index contributed by atoms with van der Waals surface area (Å²) < 4.78 is 54.3. The normalized spacial score (nSPS) is 17.0. The molecule has 1 aliphatic heterocycles. The number of esters is 1. The minimum atomic E-state index is -4.63. The molecule has 2 unspecified atom stereocenters. The Balaban J connectivity index is 1.67. The molecule has 6 nitrogen and oxygen atoms in total. The summed E-state index contributed by atoms with van der Waals surface area (Å²) in [6, 6.07) is 16.8. The quantitative estimate of drug-likeness (QED) is 0.263. The average molecular weight is 554 g/mol. The van der Waals surface area contributed by atoms with Crippen LogP contribution in [0, 0.1) is 11.8 Å². The van der Waals surface area contributed by atoms with E-state index in [0.717, 1.165) is 11.6 Å². The van der Waals surface area contributed by atoms with Crippen LogP contribution in [-0.2, 0) is 22.3 Å². The number of hydrogen-bond donors (Lipinski definition) is 0. The summed E-state index contributed by atoms with van der Waals surface area (Å²) in [4.78, 5) is 24.6. The highest BCUT2D eigenvalue weighted by molar-refractivity contribution is 6.05. The molecular weight excluding hydrogens is 519 g/mol. The van der Waals surface area contributed by atoms with Gasteiger partial charge in [-0.1, -0.05) is 62.4 Å². The molecule has 0 amide bonds. The van der Waals surface area contributed by atoms with Crippen molar-refractivity contribution in [2.24, 2.45) is 16.8 Å². The first-order valence-electron chi connectivity index (χ1n) is 13.3. The lowest BCUT2D eigenvalue weighted by molar-refractivity contribution is -0.147. The number of carbonyl (C=O) groups is 1. The lowest BCUT2D eigenvalue weighted by Gasteiger charge is -2.33. The van der Waals surface area contributed by atoms with Crippen LogP contribution >= 0.6 is 0 Å². The van der Waals surface area contributed by atoms with E-state index in [-0.39, 0.29) is 24.0 Å². The largest absolute Gasteiger partial charge is 0.477 e. The highest BCUT2D eigenvalue weighted by atomic mass is 19.4. The second-order valence-corrected chi connectivity index (χ2v) is 10.4. The Morgan fingerprint density at radius 3 is 2.45 bits per heavy atom. The summed E-state index contributed by atoms with van der Waals surface area (Å²) in [6.07, 6.45) is -3.12. The molecule has 0 aliphatic carbocycles. The van der Waals surface area contributed by atoms with E-state index in [4.69, 9.17) is 9.47 Å². The first-order valence-corrected chi connectivity index (χ1v) is 13.3. The fraction of sp³-hybridized carbons (Fsp3) is 0.387. The fourth-order valence-electron chi connectivity index (χ4n) is 4.90. The van der Waals surface area contributed by atoms with Crippen LogP contribution < -0.4 is 4.74 Å². The number of rotatable bonds is 10. The molecule has 2 heterocycles. The van der Waals surface area contributed by atoms with E-state index in [2.05, 4.69) is 9.98 Å². The van der Waals surface area contributed by atoms with Gasteiger partial charge >= 0.3 is 12.1 Å². The van der Waals surface area contributed by atoms with Gasteiger partial charge in [0.25, 0.3) is 0 Å². The summed E-state index contributed by atoms with van der Waals surface area (Å²) in [5, 5.41) is 0. The molecule has 212 valence electrons. The van der Waals surface area contributed by atoms with Crippen molar-refractivity contribution in [3.05, 3.63) is 89.1 Å². The van der Waals surface area contributed by atoms with E-state index in [1.54, 1.807) is 13.0 Å². The van der Waals surface area contributed by atoms with Gasteiger partial charge in [0.1, 0.15) is 12.5 Å². The van der Waals surface area contributed by atoms with E-state index < -0.39 is 29.5 Å². The predicted octanol–water partition coefficient (Wildman–Crippen LogP) is 6.66. The van der Waals surface area contributed by atoms with E-state index in [9.17, 15) is 18.0 Å². The molecule has 1 aliphatic rings. The van der Waals surface area contributed by atoms with Crippen molar-refractivity contribution in [2.75, 3.05) is 26.8 Å². The van der Waals surface area contributed by atoms with E-state index in [1.165, 1.54) is 24.4 Å². The number of ether oxygens (including phenoxy) is 2. The molecule has 9 heteroatoms. The SMILES string of the molecule is CC1=Nc2ccnc(OCC(C)C)c2C(c2ccccc2C(F)(F)F)C1C(=O)OCCN(C)Cc1ccccc1. The lowest BCUT2D eigenvalue weighted by atomic mass is 9.74. The monoisotopic (exact) mass is 553 g/mol. The molecular formula is C31H34F3N3O3. The van der Waals surface area contributed by atoms with E-state index in [1.807, 2.05) is 56.1 Å². The van der Waals surface area contributed by atoms with Crippen molar-refractivity contribution < 1.29 is 27.4 Å². The van der Waals surface area contributed by atoms with Gasteiger partial charge in [-0.05, 0) is 43.1 Å². The number of likely N-dealkylation sites (N-methyl/N-ethyl adjacent to an activating group) is 1. The number of carbonyl (C=O) groups excluding carboxylic acids is 1. The van der Waals surface area contributed by atoms with Gasteiger partial charge in [0.2, 0.25) is 5.88 Å². The Bertz CT molecular complexity index is 1340. The molecule has 0 fully saturated rings. The van der Waals surface area contributed by atoms with Gasteiger partial charge in [-0.2, -0.15) is 13.2 Å². The number of aliphatic imine (C=N–C) groups is 1. The van der Waals surface area contributed by atoms with Gasteiger partial charge in [-0.15, -0.1) is 0 Å². The molecule has 2 atom stereocenters. The molecule has 4 rings (SSSR count). The van der Waals surface area contributed by atoms with Crippen molar-refractivity contribution in [1.82, 2.24) is 9.88 Å². The Kier molecular flexibility index (Phi) is 9.25. The molecule has 0 saturated heterocycles. The summed E-state index contributed by atoms with van der Waals surface area (Å²) in [7, 11) is 1.91. The molecule has 0 N–H and O–H groups in total. The van der Waals surface area contributed by atoms with Crippen molar-refractivity contribution in [3.63, 3.8) is 0 Å². The molecule has 0 radical (unpaired) electrons. The Morgan fingerprint density at radius 2 is 1.75 bits per heavy atom. The second-order valence-electron chi connectivity index (χ2n) is 10.4. The van der Waals surface area contributed by atoms with Crippen molar-refractivity contribution in [1.29, 1.82) is 0 Å². The lowest BCUT2D eigenvalue weighted by Crippen LogP contribution is -2.36. The smallest absolute Gasteiger partial charge is 0.416 e. The zero-order chi connectivity index (χ0) is 28.9. The zero-order valence-electron chi connectivity index (χ0n) is 23.1. The maximum atomic E-state index is 14.2. The molecule has 1 aromatic heterocycles. The van der Waals surface area contributed by atoms with Gasteiger partial charge in [-0.3, -0.25) is 14.7 Å². The number of aromatic nitrogens is 1. The van der Waals surface area contributed by atoms with Crippen LogP contribution in [0.4, 0.5) is 18.9 Å². The summed E-state index contributed by atoms with van der Waals surface area (Å²) in [6.45, 7) is 7.08. The second kappa shape index (κ2) is 12.6. The average Bonchev–Trinajstić information content (AvgIpc) is 2.91. The van der Waals surface area contributed by atoms with Crippen LogP contribution in [0.3, 0.4) is 0 Å². The van der Waals surface area contributed by atoms with Gasteiger partial charge in [0, 0.05) is 36.5 Å². The Morgan fingerprint density at radius 1 is 1.05 bits per heavy atom. The number of alkyl halides is 3. The number of hydrogen-bond acceptors (Lipinski definition) is 6. The maximum Gasteiger partial charge on any atom is 0.416 e. The van der Waals surface area contributed by atoms with E-state index >= 15 is 0 Å². The molecule has 0 bridgehead atoms. The number of nitrogens with zero attached hydrogens (tertiary/aromatic N) is 3. The van der Waals surface area contributed by atoms with Crippen molar-refractivity contribution >= 4 is 17.4 Å². The van der Waals surface area contributed by atoms with Crippen LogP contribution in [0.25, 0.3) is 0 Å². The summed E-state index contributed by atoms with van der Waals surface area (Å²) >= 11 is 0. The zero-order valence-corrected chi connectivity index (χ0v) is 23.1. The number of fused-ring (bicyclic) bond motifs is 1. The third-order valence-corrected chi connectivity index (χ3v) is 6.74. The van der Waals surface area contributed by atoms with E-state index in [0.29, 0.717) is 36.7 Å². The molecule has 2 aromatic carbocycles. The number of halogens is 3. The van der Waals surface area contributed by atoms with Gasteiger partial charge in [0.05, 0.1) is 17.9 Å². The molecule has 40 heavy (non-hydrogen) atoms. The Labute approximate surface area is 232 Å². The first-order chi connectivity index (χ1) is 19.1. The molecule has 0 saturated carbocycles. The highest BCUT2D eigenvalue weighted by Gasteiger charge is 2.45. The number of pyridine rings is 1. The summed E-state index contributed by atoms with van der Waals surface area (Å²) in [5.74, 6) is -2.44. The van der Waals surface area contributed by atoms with Crippen LogP contribution in [0.2, 0.25) is 0 Å².